The van der Waals surface area contributed by atoms with Gasteiger partial charge in [0.15, 0.2) is 0 Å². The summed E-state index contributed by atoms with van der Waals surface area (Å²) in [6.45, 7) is 0. The van der Waals surface area contributed by atoms with Gasteiger partial charge < -0.3 is 14.6 Å². The van der Waals surface area contributed by atoms with E-state index in [1.54, 1.807) is 12.1 Å². The zero-order valence-electron chi connectivity index (χ0n) is 14.5. The molecular formula is C21H20N2O3. The number of amides is 1. The van der Waals surface area contributed by atoms with Crippen LogP contribution in [0.2, 0.25) is 0 Å². The molecule has 0 saturated heterocycles. The molecule has 0 saturated carbocycles. The van der Waals surface area contributed by atoms with Gasteiger partial charge in [-0.1, -0.05) is 30.3 Å². The Labute approximate surface area is 152 Å². The van der Waals surface area contributed by atoms with E-state index in [-0.39, 0.29) is 5.91 Å². The lowest BCUT2D eigenvalue weighted by Gasteiger charge is -2.17. The fraction of sp³-hybridized carbons (Fsp3) is 0.143. The summed E-state index contributed by atoms with van der Waals surface area (Å²) in [4.78, 5) is 24.6. The standard InChI is InChI=1S/C21H20N2O3/c1-26-21(25)19(15-16-7-3-2-4-8-16)22-20(24)17-9-11-18(12-10-17)23-13-5-6-14-23/h2-14,19H,15H2,1H3,(H,22,24)/t19-/m1/s1. The Kier molecular flexibility index (Phi) is 5.49. The number of esters is 1. The highest BCUT2D eigenvalue weighted by molar-refractivity contribution is 5.97. The number of carbonyl (C=O) groups excluding carboxylic acids is 2. The van der Waals surface area contributed by atoms with Crippen LogP contribution in [0.15, 0.2) is 79.1 Å². The van der Waals surface area contributed by atoms with Crippen molar-refractivity contribution >= 4 is 11.9 Å². The normalized spacial score (nSPS) is 11.6. The van der Waals surface area contributed by atoms with Crippen LogP contribution in [-0.2, 0) is 16.0 Å². The topological polar surface area (TPSA) is 60.3 Å². The highest BCUT2D eigenvalue weighted by Gasteiger charge is 2.22. The Morgan fingerprint density at radius 2 is 1.62 bits per heavy atom. The predicted molar refractivity (Wildman–Crippen MR) is 99.2 cm³/mol. The van der Waals surface area contributed by atoms with Crippen LogP contribution in [0.3, 0.4) is 0 Å². The molecule has 26 heavy (non-hydrogen) atoms. The summed E-state index contributed by atoms with van der Waals surface area (Å²) >= 11 is 0. The van der Waals surface area contributed by atoms with Crippen LogP contribution in [0.5, 0.6) is 0 Å². The highest BCUT2D eigenvalue weighted by Crippen LogP contribution is 2.11. The van der Waals surface area contributed by atoms with Gasteiger partial charge in [0.1, 0.15) is 6.04 Å². The zero-order chi connectivity index (χ0) is 18.4. The maximum absolute atomic E-state index is 12.5. The van der Waals surface area contributed by atoms with E-state index < -0.39 is 12.0 Å². The first kappa shape index (κ1) is 17.5. The van der Waals surface area contributed by atoms with Crippen molar-refractivity contribution in [2.45, 2.75) is 12.5 Å². The van der Waals surface area contributed by atoms with E-state index in [0.29, 0.717) is 12.0 Å². The van der Waals surface area contributed by atoms with Crippen molar-refractivity contribution in [3.8, 4) is 5.69 Å². The molecule has 2 aromatic carbocycles. The minimum atomic E-state index is -0.737. The quantitative estimate of drug-likeness (QED) is 0.697. The summed E-state index contributed by atoms with van der Waals surface area (Å²) in [5.74, 6) is -0.776. The van der Waals surface area contributed by atoms with Gasteiger partial charge in [0, 0.05) is 30.1 Å². The molecular weight excluding hydrogens is 328 g/mol. The third-order valence-electron chi connectivity index (χ3n) is 4.11. The number of methoxy groups -OCH3 is 1. The van der Waals surface area contributed by atoms with Gasteiger partial charge in [-0.25, -0.2) is 4.79 Å². The molecule has 0 spiro atoms. The molecule has 3 rings (SSSR count). The molecule has 1 amide bonds. The van der Waals surface area contributed by atoms with Crippen LogP contribution < -0.4 is 5.32 Å². The van der Waals surface area contributed by atoms with Crippen molar-refractivity contribution in [1.29, 1.82) is 0 Å². The number of ether oxygens (including phenoxy) is 1. The van der Waals surface area contributed by atoms with Gasteiger partial charge in [-0.15, -0.1) is 0 Å². The maximum Gasteiger partial charge on any atom is 0.328 e. The fourth-order valence-electron chi connectivity index (χ4n) is 2.72. The molecule has 3 aromatic rings. The molecule has 0 aliphatic heterocycles. The van der Waals surface area contributed by atoms with Crippen molar-refractivity contribution in [1.82, 2.24) is 9.88 Å². The smallest absolute Gasteiger partial charge is 0.328 e. The number of nitrogens with zero attached hydrogens (tertiary/aromatic N) is 1. The van der Waals surface area contributed by atoms with Crippen LogP contribution in [0.4, 0.5) is 0 Å². The lowest BCUT2D eigenvalue weighted by Crippen LogP contribution is -2.43. The lowest BCUT2D eigenvalue weighted by molar-refractivity contribution is -0.142. The van der Waals surface area contributed by atoms with E-state index in [4.69, 9.17) is 4.74 Å². The molecule has 0 fully saturated rings. The van der Waals surface area contributed by atoms with E-state index in [9.17, 15) is 9.59 Å². The highest BCUT2D eigenvalue weighted by atomic mass is 16.5. The Morgan fingerprint density at radius 3 is 2.23 bits per heavy atom. The fourth-order valence-corrected chi connectivity index (χ4v) is 2.72. The second kappa shape index (κ2) is 8.16. The minimum Gasteiger partial charge on any atom is -0.467 e. The van der Waals surface area contributed by atoms with Crippen LogP contribution in [0.25, 0.3) is 5.69 Å². The molecule has 1 atom stereocenters. The summed E-state index contributed by atoms with van der Waals surface area (Å²) in [5, 5.41) is 2.77. The van der Waals surface area contributed by atoms with Crippen molar-refractivity contribution < 1.29 is 14.3 Å². The third-order valence-corrected chi connectivity index (χ3v) is 4.11. The van der Waals surface area contributed by atoms with E-state index in [2.05, 4.69) is 5.32 Å². The number of aromatic nitrogens is 1. The van der Waals surface area contributed by atoms with Crippen molar-refractivity contribution in [2.24, 2.45) is 0 Å². The first-order valence-electron chi connectivity index (χ1n) is 8.33. The molecule has 0 aliphatic rings. The summed E-state index contributed by atoms with van der Waals surface area (Å²) in [6.07, 6.45) is 4.24. The first-order chi connectivity index (χ1) is 12.7. The number of hydrogen-bond donors (Lipinski definition) is 1. The van der Waals surface area contributed by atoms with E-state index in [1.165, 1.54) is 7.11 Å². The monoisotopic (exact) mass is 348 g/mol. The van der Waals surface area contributed by atoms with Crippen molar-refractivity contribution in [3.63, 3.8) is 0 Å². The first-order valence-corrected chi connectivity index (χ1v) is 8.33. The molecule has 5 nitrogen and oxygen atoms in total. The van der Waals surface area contributed by atoms with Gasteiger partial charge in [0.25, 0.3) is 5.91 Å². The average Bonchev–Trinajstić information content (AvgIpc) is 3.22. The molecule has 0 radical (unpaired) electrons. The van der Waals surface area contributed by atoms with Gasteiger partial charge in [-0.3, -0.25) is 4.79 Å². The van der Waals surface area contributed by atoms with Crippen LogP contribution in [0, 0.1) is 0 Å². The molecule has 5 heteroatoms. The van der Waals surface area contributed by atoms with Crippen LogP contribution >= 0.6 is 0 Å². The van der Waals surface area contributed by atoms with Crippen LogP contribution in [-0.4, -0.2) is 29.6 Å². The molecule has 1 aromatic heterocycles. The second-order valence-electron chi connectivity index (χ2n) is 5.88. The summed E-state index contributed by atoms with van der Waals surface area (Å²) in [5.41, 5.74) is 2.40. The number of benzene rings is 2. The summed E-state index contributed by atoms with van der Waals surface area (Å²) in [6, 6.07) is 19.8. The van der Waals surface area contributed by atoms with Gasteiger partial charge in [-0.05, 0) is 42.0 Å². The number of rotatable bonds is 6. The van der Waals surface area contributed by atoms with E-state index >= 15 is 0 Å². The molecule has 0 aliphatic carbocycles. The SMILES string of the molecule is COC(=O)[C@@H](Cc1ccccc1)NC(=O)c1ccc(-n2cccc2)cc1. The van der Waals surface area contributed by atoms with E-state index in [1.807, 2.05) is 71.6 Å². The zero-order valence-corrected chi connectivity index (χ0v) is 14.5. The Morgan fingerprint density at radius 1 is 0.962 bits per heavy atom. The van der Waals surface area contributed by atoms with Gasteiger partial charge in [0.05, 0.1) is 7.11 Å². The number of carbonyl (C=O) groups is 2. The van der Waals surface area contributed by atoms with Gasteiger partial charge in [0.2, 0.25) is 0 Å². The van der Waals surface area contributed by atoms with Gasteiger partial charge >= 0.3 is 5.97 Å². The minimum absolute atomic E-state index is 0.310. The molecule has 0 unspecified atom stereocenters. The number of nitrogens with one attached hydrogen (secondary N) is 1. The molecule has 1 N–H and O–H groups in total. The molecule has 0 bridgehead atoms. The Hall–Kier alpha value is -3.34. The molecule has 1 heterocycles. The second-order valence-corrected chi connectivity index (χ2v) is 5.88. The maximum atomic E-state index is 12.5. The third kappa shape index (κ3) is 4.19. The Bertz CT molecular complexity index is 856. The van der Waals surface area contributed by atoms with E-state index in [0.717, 1.165) is 11.3 Å². The predicted octanol–water partition coefficient (Wildman–Crippen LogP) is 2.99. The summed E-state index contributed by atoms with van der Waals surface area (Å²) in [7, 11) is 1.32. The number of hydrogen-bond acceptors (Lipinski definition) is 3. The largest absolute Gasteiger partial charge is 0.467 e. The average molecular weight is 348 g/mol. The molecule has 132 valence electrons. The summed E-state index contributed by atoms with van der Waals surface area (Å²) < 4.78 is 6.79. The van der Waals surface area contributed by atoms with Crippen LogP contribution in [0.1, 0.15) is 15.9 Å². The van der Waals surface area contributed by atoms with Gasteiger partial charge in [-0.2, -0.15) is 0 Å². The van der Waals surface area contributed by atoms with Crippen molar-refractivity contribution in [2.75, 3.05) is 7.11 Å². The lowest BCUT2D eigenvalue weighted by atomic mass is 10.1. The Balaban J connectivity index is 1.71. The van der Waals surface area contributed by atoms with Crippen molar-refractivity contribution in [3.05, 3.63) is 90.3 Å².